The van der Waals surface area contributed by atoms with E-state index in [4.69, 9.17) is 4.42 Å². The van der Waals surface area contributed by atoms with Gasteiger partial charge in [-0.05, 0) is 6.07 Å². The highest BCUT2D eigenvalue weighted by Crippen LogP contribution is 2.18. The molecule has 1 aromatic carbocycles. The van der Waals surface area contributed by atoms with Crippen molar-refractivity contribution >= 4 is 6.29 Å². The van der Waals surface area contributed by atoms with Crippen molar-refractivity contribution < 1.29 is 9.21 Å². The summed E-state index contributed by atoms with van der Waals surface area (Å²) in [5, 5.41) is 3.87. The van der Waals surface area contributed by atoms with E-state index in [1.807, 2.05) is 0 Å². The van der Waals surface area contributed by atoms with Gasteiger partial charge in [-0.25, -0.2) is 4.79 Å². The maximum atomic E-state index is 11.1. The molecular formula is C10H8N2O3. The van der Waals surface area contributed by atoms with E-state index in [0.29, 0.717) is 17.4 Å². The van der Waals surface area contributed by atoms with E-state index < -0.39 is 5.76 Å². The Kier molecular flexibility index (Phi) is 2.21. The zero-order valence-corrected chi connectivity index (χ0v) is 8.01. The van der Waals surface area contributed by atoms with E-state index in [0.717, 1.165) is 4.68 Å². The molecule has 1 heterocycles. The molecule has 0 N–H and O–H groups in total. The molecule has 0 bridgehead atoms. The molecular weight excluding hydrogens is 196 g/mol. The number of hydrogen-bond donors (Lipinski definition) is 0. The van der Waals surface area contributed by atoms with Crippen molar-refractivity contribution in [2.24, 2.45) is 7.05 Å². The molecule has 76 valence electrons. The summed E-state index contributed by atoms with van der Waals surface area (Å²) in [6, 6.07) is 6.79. The first-order valence-electron chi connectivity index (χ1n) is 4.31. The molecule has 2 aromatic rings. The predicted octanol–water partition coefficient (Wildman–Crippen LogP) is 0.853. The summed E-state index contributed by atoms with van der Waals surface area (Å²) in [7, 11) is 1.48. The van der Waals surface area contributed by atoms with Gasteiger partial charge in [-0.15, -0.1) is 5.10 Å². The molecule has 0 aliphatic rings. The molecule has 5 nitrogen and oxygen atoms in total. The molecule has 1 aromatic heterocycles. The number of nitrogens with zero attached hydrogens (tertiary/aromatic N) is 2. The Labute approximate surface area is 85.0 Å². The number of benzene rings is 1. The molecule has 0 aliphatic carbocycles. The lowest BCUT2D eigenvalue weighted by atomic mass is 10.1. The highest BCUT2D eigenvalue weighted by atomic mass is 16.4. The topological polar surface area (TPSA) is 65.1 Å². The maximum Gasteiger partial charge on any atom is 0.437 e. The van der Waals surface area contributed by atoms with Crippen molar-refractivity contribution in [3.05, 3.63) is 40.4 Å². The normalized spacial score (nSPS) is 10.2. The Bertz CT molecular complexity index is 554. The van der Waals surface area contributed by atoms with Crippen LogP contribution in [0.5, 0.6) is 0 Å². The summed E-state index contributed by atoms with van der Waals surface area (Å²) in [5.41, 5.74) is 0.963. The van der Waals surface area contributed by atoms with Crippen LogP contribution >= 0.6 is 0 Å². The van der Waals surface area contributed by atoms with Crippen LogP contribution in [0, 0.1) is 0 Å². The lowest BCUT2D eigenvalue weighted by molar-refractivity contribution is 0.112. The molecule has 0 saturated carbocycles. The second kappa shape index (κ2) is 3.53. The van der Waals surface area contributed by atoms with Crippen LogP contribution in [-0.2, 0) is 7.05 Å². The van der Waals surface area contributed by atoms with E-state index in [2.05, 4.69) is 5.10 Å². The number of carbonyl (C=O) groups is 1. The van der Waals surface area contributed by atoms with Gasteiger partial charge in [0.25, 0.3) is 0 Å². The quantitative estimate of drug-likeness (QED) is 0.680. The van der Waals surface area contributed by atoms with E-state index in [9.17, 15) is 9.59 Å². The van der Waals surface area contributed by atoms with Gasteiger partial charge in [0.2, 0.25) is 5.89 Å². The molecule has 0 unspecified atom stereocenters. The Morgan fingerprint density at radius 3 is 2.73 bits per heavy atom. The molecule has 5 heteroatoms. The van der Waals surface area contributed by atoms with Gasteiger partial charge >= 0.3 is 5.76 Å². The first-order valence-corrected chi connectivity index (χ1v) is 4.31. The number of carbonyl (C=O) groups excluding carboxylic acids is 1. The van der Waals surface area contributed by atoms with E-state index >= 15 is 0 Å². The van der Waals surface area contributed by atoms with Gasteiger partial charge in [0.15, 0.2) is 6.29 Å². The Hall–Kier alpha value is -2.17. The second-order valence-corrected chi connectivity index (χ2v) is 3.00. The lowest BCUT2D eigenvalue weighted by Gasteiger charge is -1.96. The summed E-state index contributed by atoms with van der Waals surface area (Å²) in [6.07, 6.45) is 0.698. The van der Waals surface area contributed by atoms with Gasteiger partial charge < -0.3 is 4.42 Å². The molecule has 0 atom stereocenters. The summed E-state index contributed by atoms with van der Waals surface area (Å²) in [5.74, 6) is -0.393. The Morgan fingerprint density at radius 1 is 1.40 bits per heavy atom. The van der Waals surface area contributed by atoms with Crippen molar-refractivity contribution in [3.8, 4) is 11.5 Å². The number of rotatable bonds is 2. The molecule has 0 aliphatic heterocycles. The highest BCUT2D eigenvalue weighted by Gasteiger charge is 2.11. The van der Waals surface area contributed by atoms with Crippen molar-refractivity contribution in [2.45, 2.75) is 0 Å². The zero-order valence-electron chi connectivity index (χ0n) is 8.01. The fraction of sp³-hybridized carbons (Fsp3) is 0.100. The number of aromatic nitrogens is 2. The summed E-state index contributed by atoms with van der Waals surface area (Å²) in [4.78, 5) is 21.8. The van der Waals surface area contributed by atoms with Crippen molar-refractivity contribution in [1.82, 2.24) is 9.78 Å². The third kappa shape index (κ3) is 1.59. The van der Waals surface area contributed by atoms with Crippen LogP contribution in [0.1, 0.15) is 10.4 Å². The maximum absolute atomic E-state index is 11.1. The summed E-state index contributed by atoms with van der Waals surface area (Å²) >= 11 is 0. The van der Waals surface area contributed by atoms with Crippen LogP contribution in [0.3, 0.4) is 0 Å². The van der Waals surface area contributed by atoms with Crippen molar-refractivity contribution in [3.63, 3.8) is 0 Å². The molecule has 0 amide bonds. The first kappa shape index (κ1) is 9.39. The lowest BCUT2D eigenvalue weighted by Crippen LogP contribution is -2.09. The zero-order chi connectivity index (χ0) is 10.8. The minimum absolute atomic E-state index is 0.158. The Balaban J connectivity index is 2.63. The Morgan fingerprint density at radius 2 is 2.13 bits per heavy atom. The van der Waals surface area contributed by atoms with Crippen LogP contribution in [0.15, 0.2) is 33.5 Å². The van der Waals surface area contributed by atoms with Crippen LogP contribution in [0.4, 0.5) is 0 Å². The summed E-state index contributed by atoms with van der Waals surface area (Å²) in [6.45, 7) is 0. The third-order valence-electron chi connectivity index (χ3n) is 2.01. The monoisotopic (exact) mass is 204 g/mol. The standard InChI is InChI=1S/C10H8N2O3/c1-12-10(14)15-9(11-12)8-5-3-2-4-7(8)6-13/h2-6H,1H3. The summed E-state index contributed by atoms with van der Waals surface area (Å²) < 4.78 is 5.96. The van der Waals surface area contributed by atoms with Crippen LogP contribution < -0.4 is 5.76 Å². The van der Waals surface area contributed by atoms with Gasteiger partial charge in [-0.1, -0.05) is 18.2 Å². The van der Waals surface area contributed by atoms with Crippen LogP contribution in [0.2, 0.25) is 0 Å². The van der Waals surface area contributed by atoms with Gasteiger partial charge in [0.05, 0.1) is 0 Å². The number of aryl methyl sites for hydroxylation is 1. The molecule has 2 rings (SSSR count). The van der Waals surface area contributed by atoms with Gasteiger partial charge in [-0.2, -0.15) is 4.68 Å². The average Bonchev–Trinajstić information content (AvgIpc) is 2.59. The SMILES string of the molecule is Cn1nc(-c2ccccc2C=O)oc1=O. The van der Waals surface area contributed by atoms with E-state index in [1.165, 1.54) is 7.05 Å². The largest absolute Gasteiger partial charge is 0.437 e. The third-order valence-corrected chi connectivity index (χ3v) is 2.01. The van der Waals surface area contributed by atoms with Crippen molar-refractivity contribution in [2.75, 3.05) is 0 Å². The predicted molar refractivity (Wildman–Crippen MR) is 52.6 cm³/mol. The minimum Gasteiger partial charge on any atom is -0.388 e. The molecule has 0 radical (unpaired) electrons. The van der Waals surface area contributed by atoms with Crippen LogP contribution in [-0.4, -0.2) is 16.1 Å². The van der Waals surface area contributed by atoms with Gasteiger partial charge in [-0.3, -0.25) is 4.79 Å². The molecule has 0 fully saturated rings. The highest BCUT2D eigenvalue weighted by molar-refractivity contribution is 5.85. The van der Waals surface area contributed by atoms with Crippen LogP contribution in [0.25, 0.3) is 11.5 Å². The number of hydrogen-bond acceptors (Lipinski definition) is 4. The van der Waals surface area contributed by atoms with Gasteiger partial charge in [0, 0.05) is 18.2 Å². The molecule has 0 saturated heterocycles. The number of aldehydes is 1. The smallest absolute Gasteiger partial charge is 0.388 e. The minimum atomic E-state index is -0.550. The second-order valence-electron chi connectivity index (χ2n) is 3.00. The molecule has 15 heavy (non-hydrogen) atoms. The van der Waals surface area contributed by atoms with Crippen molar-refractivity contribution in [1.29, 1.82) is 0 Å². The average molecular weight is 204 g/mol. The first-order chi connectivity index (χ1) is 7.22. The fourth-order valence-corrected chi connectivity index (χ4v) is 1.25. The molecule has 0 spiro atoms. The fourth-order valence-electron chi connectivity index (χ4n) is 1.25. The van der Waals surface area contributed by atoms with E-state index in [1.54, 1.807) is 24.3 Å². The van der Waals surface area contributed by atoms with Gasteiger partial charge in [0.1, 0.15) is 0 Å². The van der Waals surface area contributed by atoms with E-state index in [-0.39, 0.29) is 5.89 Å².